The van der Waals surface area contributed by atoms with Crippen molar-refractivity contribution in [3.05, 3.63) is 34.4 Å². The molecule has 0 saturated carbocycles. The topological polar surface area (TPSA) is 63.1 Å². The van der Waals surface area contributed by atoms with E-state index >= 15 is 0 Å². The molecule has 0 amide bonds. The van der Waals surface area contributed by atoms with Crippen LogP contribution in [-0.2, 0) is 17.6 Å². The standard InChI is InChI=1S/C13H14N2O2S/c1-2-4-11-15-13(9-5-3-6-14-8-9)10(18-11)7-12(16)17/h3,5-6,8H,2,4,7H2,1H3,(H,16,17). The van der Waals surface area contributed by atoms with E-state index in [1.54, 1.807) is 12.4 Å². The molecular weight excluding hydrogens is 248 g/mol. The number of carbonyl (C=O) groups is 1. The third-order valence-electron chi connectivity index (χ3n) is 2.45. The van der Waals surface area contributed by atoms with E-state index < -0.39 is 5.97 Å². The number of nitrogens with zero attached hydrogens (tertiary/aromatic N) is 2. The number of carboxylic acids is 1. The molecule has 4 nitrogen and oxygen atoms in total. The van der Waals surface area contributed by atoms with Crippen molar-refractivity contribution < 1.29 is 9.90 Å². The molecule has 0 spiro atoms. The molecule has 0 fully saturated rings. The van der Waals surface area contributed by atoms with Gasteiger partial charge in [0.2, 0.25) is 0 Å². The van der Waals surface area contributed by atoms with Crippen LogP contribution in [0, 0.1) is 0 Å². The van der Waals surface area contributed by atoms with Gasteiger partial charge in [0.15, 0.2) is 0 Å². The molecule has 5 heteroatoms. The maximum atomic E-state index is 10.9. The zero-order valence-corrected chi connectivity index (χ0v) is 10.9. The number of pyridine rings is 1. The zero-order chi connectivity index (χ0) is 13.0. The molecule has 0 aliphatic heterocycles. The number of hydrogen-bond acceptors (Lipinski definition) is 4. The minimum Gasteiger partial charge on any atom is -0.481 e. The Balaban J connectivity index is 2.40. The Labute approximate surface area is 109 Å². The van der Waals surface area contributed by atoms with Crippen LogP contribution in [-0.4, -0.2) is 21.0 Å². The minimum atomic E-state index is -0.827. The largest absolute Gasteiger partial charge is 0.481 e. The molecular formula is C13H14N2O2S. The second kappa shape index (κ2) is 5.73. The Bertz CT molecular complexity index is 537. The van der Waals surface area contributed by atoms with Crippen molar-refractivity contribution >= 4 is 17.3 Å². The van der Waals surface area contributed by atoms with Crippen LogP contribution in [0.4, 0.5) is 0 Å². The van der Waals surface area contributed by atoms with Crippen LogP contribution < -0.4 is 0 Å². The van der Waals surface area contributed by atoms with Gasteiger partial charge >= 0.3 is 5.97 Å². The van der Waals surface area contributed by atoms with Crippen LogP contribution in [0.2, 0.25) is 0 Å². The van der Waals surface area contributed by atoms with E-state index in [1.165, 1.54) is 11.3 Å². The Morgan fingerprint density at radius 2 is 2.33 bits per heavy atom. The highest BCUT2D eigenvalue weighted by molar-refractivity contribution is 7.12. The third kappa shape index (κ3) is 2.92. The number of rotatable bonds is 5. The van der Waals surface area contributed by atoms with Crippen LogP contribution in [0.1, 0.15) is 23.2 Å². The number of carboxylic acid groups (broad SMARTS) is 1. The molecule has 0 aliphatic carbocycles. The predicted octanol–water partition coefficient (Wildman–Crippen LogP) is 2.78. The summed E-state index contributed by atoms with van der Waals surface area (Å²) in [6, 6.07) is 3.74. The molecule has 0 aliphatic rings. The second-order valence-corrected chi connectivity index (χ2v) is 5.11. The lowest BCUT2D eigenvalue weighted by molar-refractivity contribution is -0.136. The lowest BCUT2D eigenvalue weighted by atomic mass is 10.1. The van der Waals surface area contributed by atoms with Crippen molar-refractivity contribution in [1.29, 1.82) is 0 Å². The molecule has 0 atom stereocenters. The van der Waals surface area contributed by atoms with Crippen LogP contribution in [0.25, 0.3) is 11.3 Å². The zero-order valence-electron chi connectivity index (χ0n) is 10.1. The lowest BCUT2D eigenvalue weighted by Gasteiger charge is -1.98. The summed E-state index contributed by atoms with van der Waals surface area (Å²) in [4.78, 5) is 20.3. The van der Waals surface area contributed by atoms with Gasteiger partial charge in [-0.3, -0.25) is 9.78 Å². The van der Waals surface area contributed by atoms with Gasteiger partial charge < -0.3 is 5.11 Å². The van der Waals surface area contributed by atoms with Crippen LogP contribution in [0.3, 0.4) is 0 Å². The Morgan fingerprint density at radius 1 is 1.50 bits per heavy atom. The summed E-state index contributed by atoms with van der Waals surface area (Å²) in [5.41, 5.74) is 1.64. The number of aromatic nitrogens is 2. The molecule has 0 aromatic carbocycles. The Hall–Kier alpha value is -1.75. The maximum Gasteiger partial charge on any atom is 0.308 e. The molecule has 0 unspecified atom stereocenters. The highest BCUT2D eigenvalue weighted by Crippen LogP contribution is 2.28. The SMILES string of the molecule is CCCc1nc(-c2cccnc2)c(CC(=O)O)s1. The molecule has 1 N–H and O–H groups in total. The summed E-state index contributed by atoms with van der Waals surface area (Å²) < 4.78 is 0. The van der Waals surface area contributed by atoms with Gasteiger partial charge in [0.1, 0.15) is 0 Å². The number of aryl methyl sites for hydroxylation is 1. The molecule has 0 saturated heterocycles. The molecule has 94 valence electrons. The summed E-state index contributed by atoms with van der Waals surface area (Å²) in [6.45, 7) is 2.09. The van der Waals surface area contributed by atoms with Crippen molar-refractivity contribution in [2.24, 2.45) is 0 Å². The van der Waals surface area contributed by atoms with Gasteiger partial charge in [-0.1, -0.05) is 6.92 Å². The molecule has 0 bridgehead atoms. The average Bonchev–Trinajstić information content (AvgIpc) is 2.73. The first kappa shape index (κ1) is 12.7. The third-order valence-corrected chi connectivity index (χ3v) is 3.57. The van der Waals surface area contributed by atoms with Gasteiger partial charge in [0, 0.05) is 22.8 Å². The van der Waals surface area contributed by atoms with Crippen LogP contribution in [0.15, 0.2) is 24.5 Å². The minimum absolute atomic E-state index is 0.0195. The van der Waals surface area contributed by atoms with Gasteiger partial charge in [-0.05, 0) is 25.0 Å². The molecule has 2 aromatic rings. The normalized spacial score (nSPS) is 10.5. The van der Waals surface area contributed by atoms with Crippen molar-refractivity contribution in [1.82, 2.24) is 9.97 Å². The molecule has 0 radical (unpaired) electrons. The lowest BCUT2D eigenvalue weighted by Crippen LogP contribution is -1.99. The van der Waals surface area contributed by atoms with E-state index in [4.69, 9.17) is 5.11 Å². The van der Waals surface area contributed by atoms with Crippen molar-refractivity contribution in [3.8, 4) is 11.3 Å². The monoisotopic (exact) mass is 262 g/mol. The summed E-state index contributed by atoms with van der Waals surface area (Å²) >= 11 is 1.49. The fourth-order valence-electron chi connectivity index (χ4n) is 1.71. The fraction of sp³-hybridized carbons (Fsp3) is 0.308. The number of hydrogen-bond donors (Lipinski definition) is 1. The highest BCUT2D eigenvalue weighted by Gasteiger charge is 2.15. The predicted molar refractivity (Wildman–Crippen MR) is 70.7 cm³/mol. The summed E-state index contributed by atoms with van der Waals surface area (Å²) in [6.07, 6.45) is 5.32. The van der Waals surface area contributed by atoms with E-state index in [0.29, 0.717) is 0 Å². The first-order chi connectivity index (χ1) is 8.70. The van der Waals surface area contributed by atoms with Crippen LogP contribution in [0.5, 0.6) is 0 Å². The summed E-state index contributed by atoms with van der Waals surface area (Å²) in [7, 11) is 0. The van der Waals surface area contributed by atoms with Crippen LogP contribution >= 0.6 is 11.3 Å². The summed E-state index contributed by atoms with van der Waals surface area (Å²) in [5.74, 6) is -0.827. The average molecular weight is 262 g/mol. The van der Waals surface area contributed by atoms with Gasteiger partial charge in [-0.15, -0.1) is 11.3 Å². The fourth-order valence-corrected chi connectivity index (χ4v) is 2.89. The number of aliphatic carboxylic acids is 1. The first-order valence-corrected chi connectivity index (χ1v) is 6.63. The first-order valence-electron chi connectivity index (χ1n) is 5.81. The quantitative estimate of drug-likeness (QED) is 0.900. The van der Waals surface area contributed by atoms with Crippen molar-refractivity contribution in [2.45, 2.75) is 26.2 Å². The van der Waals surface area contributed by atoms with Crippen molar-refractivity contribution in [3.63, 3.8) is 0 Å². The van der Waals surface area contributed by atoms with Gasteiger partial charge in [-0.25, -0.2) is 4.98 Å². The van der Waals surface area contributed by atoms with E-state index in [-0.39, 0.29) is 6.42 Å². The van der Waals surface area contributed by atoms with Crippen molar-refractivity contribution in [2.75, 3.05) is 0 Å². The second-order valence-electron chi connectivity index (χ2n) is 3.94. The van der Waals surface area contributed by atoms with Gasteiger partial charge in [0.25, 0.3) is 0 Å². The smallest absolute Gasteiger partial charge is 0.308 e. The Morgan fingerprint density at radius 3 is 2.94 bits per heavy atom. The van der Waals surface area contributed by atoms with Gasteiger partial charge in [0.05, 0.1) is 17.1 Å². The van der Waals surface area contributed by atoms with E-state index in [0.717, 1.165) is 34.0 Å². The maximum absolute atomic E-state index is 10.9. The number of thiazole rings is 1. The van der Waals surface area contributed by atoms with Gasteiger partial charge in [-0.2, -0.15) is 0 Å². The Kier molecular flexibility index (Phi) is 4.04. The molecule has 2 rings (SSSR count). The van der Waals surface area contributed by atoms with E-state index in [2.05, 4.69) is 16.9 Å². The molecule has 2 aromatic heterocycles. The highest BCUT2D eigenvalue weighted by atomic mass is 32.1. The van der Waals surface area contributed by atoms with E-state index in [1.807, 2.05) is 12.1 Å². The molecule has 2 heterocycles. The van der Waals surface area contributed by atoms with E-state index in [9.17, 15) is 4.79 Å². The molecule has 18 heavy (non-hydrogen) atoms. The summed E-state index contributed by atoms with van der Waals surface area (Å²) in [5, 5.41) is 9.93.